The van der Waals surface area contributed by atoms with Crippen LogP contribution in [-0.2, 0) is 16.2 Å². The van der Waals surface area contributed by atoms with E-state index in [1.54, 1.807) is 19.1 Å². The summed E-state index contributed by atoms with van der Waals surface area (Å²) < 4.78 is 6.07. The van der Waals surface area contributed by atoms with Crippen LogP contribution in [0.5, 0.6) is 5.75 Å². The summed E-state index contributed by atoms with van der Waals surface area (Å²) in [5, 5.41) is 29.5. The van der Waals surface area contributed by atoms with Gasteiger partial charge >= 0.3 is 0 Å². The van der Waals surface area contributed by atoms with E-state index in [4.69, 9.17) is 9.57 Å². The number of carbonyl (C=O) groups excluding carboxylic acids is 2. The van der Waals surface area contributed by atoms with E-state index in [-0.39, 0.29) is 42.5 Å². The second-order valence-corrected chi connectivity index (χ2v) is 17.4. The summed E-state index contributed by atoms with van der Waals surface area (Å²) in [6.45, 7) is 13.5. The lowest BCUT2D eigenvalue weighted by atomic mass is 9.45. The largest absolute Gasteiger partial charge is 0.496 e. The number of rotatable bonds is 15. The second kappa shape index (κ2) is 16.7. The predicted molar refractivity (Wildman–Crippen MR) is 210 cm³/mol. The third-order valence-electron chi connectivity index (χ3n) is 12.4. The molecular weight excluding hydrogens is 670 g/mol. The average Bonchev–Trinajstić information content (AvgIpc) is 3.46. The number of amides is 2. The maximum atomic E-state index is 14.2. The smallest absolute Gasteiger partial charge is 0.253 e. The van der Waals surface area contributed by atoms with Crippen molar-refractivity contribution in [3.63, 3.8) is 0 Å². The molecule has 1 saturated heterocycles. The molecule has 294 valence electrons. The van der Waals surface area contributed by atoms with Gasteiger partial charge in [0.1, 0.15) is 17.9 Å². The predicted octanol–water partition coefficient (Wildman–Crippen LogP) is 4.79. The first-order valence-corrected chi connectivity index (χ1v) is 19.4. The molecule has 3 aliphatic carbocycles. The fourth-order valence-electron chi connectivity index (χ4n) is 9.56. The number of likely N-dealkylation sites (N-methyl/N-ethyl adjacent to an activating group) is 1. The first-order valence-electron chi connectivity index (χ1n) is 19.4. The number of hydroxylamine groups is 2. The number of hydrogen-bond acceptors (Lipinski definition) is 9. The van der Waals surface area contributed by atoms with Gasteiger partial charge in [-0.25, -0.2) is 0 Å². The standard InChI is InChI=1S/C42H65N5O6/c1-24(2)17-30(22-45(7)8)43-40(50)32-18-27(15-16-35(32)46(9)10)31-14-12-13-28(39(31)52-11)21-47-38(37(26(4)49)36(23-48)53-47)41(51)44-34-20-29-19-33(25(34)3)42(29,5)6/h12-16,18,24-26,29-30,33-34,36-38,48-49H,17,19-23H2,1-11H3,(H,43,50)(H,44,51)/t25-,26-,29+,30-,33-,34-,36-,37+,38-/m0/s1. The van der Waals surface area contributed by atoms with Crippen LogP contribution < -0.4 is 20.3 Å². The number of anilines is 1. The van der Waals surface area contributed by atoms with Gasteiger partial charge in [0.25, 0.3) is 5.91 Å². The van der Waals surface area contributed by atoms with Crippen LogP contribution in [-0.4, -0.2) is 111 Å². The highest BCUT2D eigenvalue weighted by Gasteiger charge is 2.57. The number of fused-ring (bicyclic) bond motifs is 2. The van der Waals surface area contributed by atoms with Crippen LogP contribution in [0.25, 0.3) is 11.1 Å². The Morgan fingerprint density at radius 1 is 1.09 bits per heavy atom. The summed E-state index contributed by atoms with van der Waals surface area (Å²) in [6.07, 6.45) is 1.36. The number of hydrogen-bond donors (Lipinski definition) is 4. The number of para-hydroxylation sites is 1. The summed E-state index contributed by atoms with van der Waals surface area (Å²) >= 11 is 0. The summed E-state index contributed by atoms with van der Waals surface area (Å²) in [6, 6.07) is 10.9. The molecule has 53 heavy (non-hydrogen) atoms. The van der Waals surface area contributed by atoms with Crippen LogP contribution >= 0.6 is 0 Å². The third kappa shape index (κ3) is 8.54. The summed E-state index contributed by atoms with van der Waals surface area (Å²) in [4.78, 5) is 38.5. The highest BCUT2D eigenvalue weighted by molar-refractivity contribution is 6.01. The van der Waals surface area contributed by atoms with Crippen LogP contribution in [0.3, 0.4) is 0 Å². The second-order valence-electron chi connectivity index (χ2n) is 17.4. The zero-order chi connectivity index (χ0) is 38.9. The molecule has 0 unspecified atom stereocenters. The quantitative estimate of drug-likeness (QED) is 0.204. The Morgan fingerprint density at radius 3 is 2.38 bits per heavy atom. The lowest BCUT2D eigenvalue weighted by Crippen LogP contribution is -2.62. The van der Waals surface area contributed by atoms with Gasteiger partial charge in [0, 0.05) is 55.5 Å². The molecule has 6 rings (SSSR count). The molecule has 2 aromatic rings. The van der Waals surface area contributed by atoms with Gasteiger partial charge in [-0.1, -0.05) is 58.9 Å². The van der Waals surface area contributed by atoms with E-state index in [0.717, 1.165) is 41.8 Å². The number of aliphatic hydroxyl groups is 2. The molecular formula is C42H65N5O6. The van der Waals surface area contributed by atoms with Gasteiger partial charge in [0.2, 0.25) is 5.91 Å². The minimum absolute atomic E-state index is 0.00767. The molecule has 4 fully saturated rings. The molecule has 4 aliphatic rings. The van der Waals surface area contributed by atoms with Crippen molar-refractivity contribution in [1.82, 2.24) is 20.6 Å². The van der Waals surface area contributed by atoms with E-state index in [0.29, 0.717) is 35.0 Å². The van der Waals surface area contributed by atoms with Gasteiger partial charge in [-0.3, -0.25) is 14.4 Å². The van der Waals surface area contributed by atoms with Gasteiger partial charge in [0.05, 0.1) is 31.9 Å². The van der Waals surface area contributed by atoms with Crippen LogP contribution in [0.4, 0.5) is 5.69 Å². The van der Waals surface area contributed by atoms with E-state index in [1.165, 1.54) is 6.42 Å². The zero-order valence-electron chi connectivity index (χ0n) is 33.8. The van der Waals surface area contributed by atoms with Crippen molar-refractivity contribution in [2.45, 2.75) is 97.7 Å². The highest BCUT2D eigenvalue weighted by Crippen LogP contribution is 2.61. The molecule has 0 aromatic heterocycles. The number of ether oxygens (including phenoxy) is 1. The van der Waals surface area contributed by atoms with Crippen LogP contribution in [0, 0.1) is 35.0 Å². The molecule has 11 nitrogen and oxygen atoms in total. The first-order chi connectivity index (χ1) is 25.0. The minimum Gasteiger partial charge on any atom is -0.496 e. The lowest BCUT2D eigenvalue weighted by molar-refractivity contribution is -0.183. The number of aliphatic hydroxyl groups excluding tert-OH is 2. The van der Waals surface area contributed by atoms with Gasteiger partial charge < -0.3 is 35.4 Å². The Kier molecular flexibility index (Phi) is 12.9. The van der Waals surface area contributed by atoms with Gasteiger partial charge in [-0.05, 0) is 87.1 Å². The molecule has 11 heteroatoms. The minimum atomic E-state index is -0.894. The average molecular weight is 736 g/mol. The van der Waals surface area contributed by atoms with Gasteiger partial charge in [-0.2, -0.15) is 5.06 Å². The molecule has 2 aromatic carbocycles. The van der Waals surface area contributed by atoms with Crippen LogP contribution in [0.15, 0.2) is 36.4 Å². The fraction of sp³-hybridized carbons (Fsp3) is 0.667. The Morgan fingerprint density at radius 2 is 1.81 bits per heavy atom. The van der Waals surface area contributed by atoms with Crippen molar-refractivity contribution in [3.8, 4) is 16.9 Å². The Labute approximate surface area is 317 Å². The maximum absolute atomic E-state index is 14.2. The Balaban J connectivity index is 1.44. The molecule has 2 amide bonds. The molecule has 1 heterocycles. The summed E-state index contributed by atoms with van der Waals surface area (Å²) in [5.41, 5.74) is 4.03. The molecule has 0 spiro atoms. The Bertz CT molecular complexity index is 1580. The Hall–Kier alpha value is -3.22. The normalized spacial score (nSPS) is 27.6. The van der Waals surface area contributed by atoms with E-state index in [2.05, 4.69) is 50.2 Å². The third-order valence-corrected chi connectivity index (χ3v) is 12.4. The molecule has 1 aliphatic heterocycles. The van der Waals surface area contributed by atoms with Crippen molar-refractivity contribution in [2.75, 3.05) is 53.4 Å². The van der Waals surface area contributed by atoms with Crippen molar-refractivity contribution in [1.29, 1.82) is 0 Å². The van der Waals surface area contributed by atoms with Crippen molar-refractivity contribution >= 4 is 17.5 Å². The summed E-state index contributed by atoms with van der Waals surface area (Å²) in [5.74, 6) is 1.53. The molecule has 0 radical (unpaired) electrons. The SMILES string of the molecule is COc1c(CN2O[C@@H](CO)[C@@H]([C@H](C)O)[C@H]2C(=O)N[C@H]2C[C@H]3C[C@@H]([C@@H]2C)C3(C)C)cccc1-c1ccc(N(C)C)c(C(=O)N[C@@H](CC(C)C)CN(C)C)c1. The molecule has 3 saturated carbocycles. The monoisotopic (exact) mass is 735 g/mol. The van der Waals surface area contributed by atoms with Crippen LogP contribution in [0.2, 0.25) is 0 Å². The zero-order valence-corrected chi connectivity index (χ0v) is 33.8. The van der Waals surface area contributed by atoms with Crippen LogP contribution in [0.1, 0.15) is 76.7 Å². The van der Waals surface area contributed by atoms with Gasteiger partial charge in [-0.15, -0.1) is 0 Å². The number of nitrogens with zero attached hydrogens (tertiary/aromatic N) is 3. The number of nitrogens with one attached hydrogen (secondary N) is 2. The number of methoxy groups -OCH3 is 1. The first kappa shape index (κ1) is 41.0. The van der Waals surface area contributed by atoms with Gasteiger partial charge in [0.15, 0.2) is 0 Å². The van der Waals surface area contributed by atoms with Crippen molar-refractivity contribution < 1.29 is 29.4 Å². The summed E-state index contributed by atoms with van der Waals surface area (Å²) in [7, 11) is 9.50. The topological polar surface area (TPSA) is 127 Å². The van der Waals surface area contributed by atoms with E-state index in [1.807, 2.05) is 69.5 Å². The number of carbonyl (C=O) groups is 2. The molecule has 2 bridgehead atoms. The highest BCUT2D eigenvalue weighted by atomic mass is 16.7. The van der Waals surface area contributed by atoms with E-state index < -0.39 is 24.2 Å². The molecule has 9 atom stereocenters. The lowest BCUT2D eigenvalue weighted by Gasteiger charge is -2.62. The number of benzene rings is 2. The molecule has 4 N–H and O–H groups in total. The maximum Gasteiger partial charge on any atom is 0.253 e. The van der Waals surface area contributed by atoms with Crippen molar-refractivity contribution in [2.24, 2.45) is 35.0 Å². The fourth-order valence-corrected chi connectivity index (χ4v) is 9.56. The van der Waals surface area contributed by atoms with Crippen molar-refractivity contribution in [3.05, 3.63) is 47.5 Å². The van der Waals surface area contributed by atoms with E-state index in [9.17, 15) is 19.8 Å². The van der Waals surface area contributed by atoms with E-state index >= 15 is 0 Å².